The maximum Gasteiger partial charge on any atom is 0.157 e. The summed E-state index contributed by atoms with van der Waals surface area (Å²) in [6.07, 6.45) is 2.49. The van der Waals surface area contributed by atoms with Gasteiger partial charge in [-0.2, -0.15) is 0 Å². The van der Waals surface area contributed by atoms with Gasteiger partial charge in [-0.1, -0.05) is 11.6 Å². The first-order chi connectivity index (χ1) is 8.68. The van der Waals surface area contributed by atoms with Gasteiger partial charge < -0.3 is 10.6 Å². The normalized spacial score (nSPS) is 18.8. The van der Waals surface area contributed by atoms with Crippen molar-refractivity contribution in [3.63, 3.8) is 0 Å². The van der Waals surface area contributed by atoms with Gasteiger partial charge in [0, 0.05) is 11.4 Å². The van der Waals surface area contributed by atoms with Crippen LogP contribution < -0.4 is 10.6 Å². The van der Waals surface area contributed by atoms with Crippen LogP contribution in [0.4, 0.5) is 11.5 Å². The van der Waals surface area contributed by atoms with Crippen LogP contribution in [-0.4, -0.2) is 16.5 Å². The molecule has 0 radical (unpaired) electrons. The number of halogens is 1. The Bertz CT molecular complexity index is 583. The molecule has 1 aliphatic rings. The van der Waals surface area contributed by atoms with E-state index in [1.165, 1.54) is 16.8 Å². The van der Waals surface area contributed by atoms with Gasteiger partial charge in [-0.05, 0) is 30.4 Å². The molecular weight excluding hydrogens is 268 g/mol. The van der Waals surface area contributed by atoms with E-state index in [-0.39, 0.29) is 6.04 Å². The fraction of sp³-hybridized carbons (Fsp3) is 0.333. The Morgan fingerprint density at radius 2 is 2.33 bits per heavy atom. The van der Waals surface area contributed by atoms with Crippen molar-refractivity contribution in [3.8, 4) is 0 Å². The summed E-state index contributed by atoms with van der Waals surface area (Å²) < 4.78 is 0. The molecule has 1 aliphatic heterocycles. The molecule has 1 atom stereocenters. The largest absolute Gasteiger partial charge is 0.393 e. The molecule has 3 heterocycles. The quantitative estimate of drug-likeness (QED) is 0.816. The van der Waals surface area contributed by atoms with Gasteiger partial charge in [-0.25, -0.2) is 9.97 Å². The minimum Gasteiger partial charge on any atom is -0.393 e. The molecule has 0 saturated carbocycles. The third kappa shape index (κ3) is 1.74. The maximum absolute atomic E-state index is 5.97. The zero-order valence-electron chi connectivity index (χ0n) is 9.93. The Balaban J connectivity index is 2.02. The van der Waals surface area contributed by atoms with Crippen LogP contribution in [-0.2, 0) is 6.42 Å². The molecule has 0 saturated heterocycles. The zero-order chi connectivity index (χ0) is 12.7. The molecule has 2 N–H and O–H groups in total. The first-order valence-electron chi connectivity index (χ1n) is 5.77. The van der Waals surface area contributed by atoms with Crippen molar-refractivity contribution in [1.29, 1.82) is 0 Å². The number of hydrogen-bond acceptors (Lipinski definition) is 5. The van der Waals surface area contributed by atoms with Gasteiger partial charge in [0.25, 0.3) is 0 Å². The second-order valence-electron chi connectivity index (χ2n) is 4.32. The minimum atomic E-state index is 0.272. The number of thiophene rings is 1. The van der Waals surface area contributed by atoms with E-state index in [0.29, 0.717) is 10.8 Å². The molecule has 2 aromatic rings. The van der Waals surface area contributed by atoms with Crippen LogP contribution in [0.3, 0.4) is 0 Å². The van der Waals surface area contributed by atoms with E-state index in [0.717, 1.165) is 18.8 Å². The number of aromatic nitrogens is 2. The molecule has 1 unspecified atom stereocenters. The average Bonchev–Trinajstić information content (AvgIpc) is 2.83. The standard InChI is InChI=1S/C12H13ClN4S/c1-7-8-3-5-18-9(8)2-4-17(7)12-10(14)11(13)15-6-16-12/h3,5-7H,2,4,14H2,1H3. The first kappa shape index (κ1) is 11.7. The van der Waals surface area contributed by atoms with E-state index in [2.05, 4.69) is 33.2 Å². The third-order valence-electron chi connectivity index (χ3n) is 3.36. The monoisotopic (exact) mass is 280 g/mol. The summed E-state index contributed by atoms with van der Waals surface area (Å²) >= 11 is 7.78. The van der Waals surface area contributed by atoms with E-state index < -0.39 is 0 Å². The lowest BCUT2D eigenvalue weighted by atomic mass is 10.0. The van der Waals surface area contributed by atoms with Crippen molar-refractivity contribution in [3.05, 3.63) is 33.4 Å². The van der Waals surface area contributed by atoms with Crippen LogP contribution in [0, 0.1) is 0 Å². The van der Waals surface area contributed by atoms with Crippen LogP contribution in [0.25, 0.3) is 0 Å². The van der Waals surface area contributed by atoms with Crippen molar-refractivity contribution >= 4 is 34.4 Å². The van der Waals surface area contributed by atoms with E-state index in [1.807, 2.05) is 11.3 Å². The Morgan fingerprint density at radius 3 is 3.17 bits per heavy atom. The van der Waals surface area contributed by atoms with Gasteiger partial charge in [0.15, 0.2) is 11.0 Å². The molecular formula is C12H13ClN4S. The lowest BCUT2D eigenvalue weighted by molar-refractivity contribution is 0.625. The predicted octanol–water partition coefficient (Wildman–Crippen LogP) is 2.90. The average molecular weight is 281 g/mol. The summed E-state index contributed by atoms with van der Waals surface area (Å²) in [5, 5.41) is 2.46. The fourth-order valence-corrected chi connectivity index (χ4v) is 3.48. The van der Waals surface area contributed by atoms with Crippen molar-refractivity contribution < 1.29 is 0 Å². The molecule has 0 fully saturated rings. The van der Waals surface area contributed by atoms with Crippen LogP contribution in [0.1, 0.15) is 23.4 Å². The molecule has 3 rings (SSSR count). The summed E-state index contributed by atoms with van der Waals surface area (Å²) in [6, 6.07) is 2.45. The van der Waals surface area contributed by atoms with Crippen LogP contribution in [0.15, 0.2) is 17.8 Å². The van der Waals surface area contributed by atoms with Gasteiger partial charge in [-0.15, -0.1) is 11.3 Å². The van der Waals surface area contributed by atoms with E-state index >= 15 is 0 Å². The van der Waals surface area contributed by atoms with Gasteiger partial charge in [0.2, 0.25) is 0 Å². The Kier molecular flexibility index (Phi) is 2.87. The Morgan fingerprint density at radius 1 is 1.50 bits per heavy atom. The first-order valence-corrected chi connectivity index (χ1v) is 7.03. The van der Waals surface area contributed by atoms with Gasteiger partial charge >= 0.3 is 0 Å². The SMILES string of the molecule is CC1c2ccsc2CCN1c1ncnc(Cl)c1N. The highest BCUT2D eigenvalue weighted by atomic mass is 35.5. The number of fused-ring (bicyclic) bond motifs is 1. The summed E-state index contributed by atoms with van der Waals surface area (Å²) in [6.45, 7) is 3.08. The van der Waals surface area contributed by atoms with E-state index in [4.69, 9.17) is 17.3 Å². The fourth-order valence-electron chi connectivity index (χ4n) is 2.39. The number of nitrogens with zero attached hydrogens (tertiary/aromatic N) is 3. The molecule has 0 aromatic carbocycles. The lowest BCUT2D eigenvalue weighted by Gasteiger charge is -2.35. The van der Waals surface area contributed by atoms with E-state index in [9.17, 15) is 0 Å². The summed E-state index contributed by atoms with van der Waals surface area (Å²) in [5.74, 6) is 0.736. The van der Waals surface area contributed by atoms with Crippen LogP contribution >= 0.6 is 22.9 Å². The van der Waals surface area contributed by atoms with Crippen molar-refractivity contribution in [2.24, 2.45) is 0 Å². The van der Waals surface area contributed by atoms with Gasteiger partial charge in [0.05, 0.1) is 6.04 Å². The smallest absolute Gasteiger partial charge is 0.157 e. The molecule has 0 bridgehead atoms. The highest BCUT2D eigenvalue weighted by Gasteiger charge is 2.27. The summed E-state index contributed by atoms with van der Waals surface area (Å²) in [4.78, 5) is 11.8. The predicted molar refractivity (Wildman–Crippen MR) is 75.2 cm³/mol. The third-order valence-corrected chi connectivity index (χ3v) is 4.66. The molecule has 94 valence electrons. The molecule has 0 amide bonds. The highest BCUT2D eigenvalue weighted by molar-refractivity contribution is 7.10. The van der Waals surface area contributed by atoms with Crippen LogP contribution in [0.2, 0.25) is 5.15 Å². The molecule has 4 nitrogen and oxygen atoms in total. The molecule has 2 aromatic heterocycles. The second-order valence-corrected chi connectivity index (χ2v) is 5.68. The lowest BCUT2D eigenvalue weighted by Crippen LogP contribution is -2.34. The molecule has 6 heteroatoms. The van der Waals surface area contributed by atoms with Crippen molar-refractivity contribution in [2.75, 3.05) is 17.2 Å². The van der Waals surface area contributed by atoms with Crippen LogP contribution in [0.5, 0.6) is 0 Å². The number of nitrogens with two attached hydrogens (primary N) is 1. The Labute approximate surface area is 114 Å². The summed E-state index contributed by atoms with van der Waals surface area (Å²) in [7, 11) is 0. The zero-order valence-corrected chi connectivity index (χ0v) is 11.5. The minimum absolute atomic E-state index is 0.272. The van der Waals surface area contributed by atoms with Crippen molar-refractivity contribution in [2.45, 2.75) is 19.4 Å². The maximum atomic E-state index is 5.97. The van der Waals surface area contributed by atoms with Gasteiger partial charge in [-0.3, -0.25) is 0 Å². The second kappa shape index (κ2) is 4.40. The number of nitrogen functional groups attached to an aromatic ring is 1. The topological polar surface area (TPSA) is 55.0 Å². The molecule has 0 spiro atoms. The number of hydrogen-bond donors (Lipinski definition) is 1. The molecule has 0 aliphatic carbocycles. The van der Waals surface area contributed by atoms with E-state index in [1.54, 1.807) is 0 Å². The van der Waals surface area contributed by atoms with Gasteiger partial charge in [0.1, 0.15) is 12.0 Å². The number of rotatable bonds is 1. The Hall–Kier alpha value is -1.33. The summed E-state index contributed by atoms with van der Waals surface area (Å²) in [5.41, 5.74) is 7.80. The highest BCUT2D eigenvalue weighted by Crippen LogP contribution is 2.38. The van der Waals surface area contributed by atoms with Crippen molar-refractivity contribution in [1.82, 2.24) is 9.97 Å². The number of anilines is 2. The molecule has 18 heavy (non-hydrogen) atoms.